The number of carbonyl (C=O) groups excluding carboxylic acids is 1. The smallest absolute Gasteiger partial charge is 0.330 e. The summed E-state index contributed by atoms with van der Waals surface area (Å²) in [6, 6.07) is 14.7. The highest BCUT2D eigenvalue weighted by Crippen LogP contribution is 2.50. The fourth-order valence-corrected chi connectivity index (χ4v) is 6.60. The highest BCUT2D eigenvalue weighted by atomic mass is 31.2. The van der Waals surface area contributed by atoms with Gasteiger partial charge >= 0.3 is 7.60 Å². The van der Waals surface area contributed by atoms with E-state index in [-0.39, 0.29) is 11.8 Å². The highest BCUT2D eigenvalue weighted by molar-refractivity contribution is 7.53. The van der Waals surface area contributed by atoms with Gasteiger partial charge in [-0.2, -0.15) is 0 Å². The zero-order valence-electron chi connectivity index (χ0n) is 22.4. The summed E-state index contributed by atoms with van der Waals surface area (Å²) in [6.45, 7) is 7.96. The molecule has 1 aliphatic carbocycles. The van der Waals surface area contributed by atoms with Gasteiger partial charge in [0, 0.05) is 6.54 Å². The Morgan fingerprint density at radius 3 is 2.22 bits per heavy atom. The standard InChI is InChI=1S/C30H44NO4P/c1-4-7-21-34-36(33,35-22-8-5-2)23-13-9-10-15-24-16-14-19-26-25-17-11-12-18-27(25)29(28(24)26)30(32)31-20-6-3/h11-12,14,16-19,29H,4-10,13,15,20-23H2,1-3H3,(H,31,32). The molecule has 0 bridgehead atoms. The van der Waals surface area contributed by atoms with Crippen LogP contribution in [-0.2, 0) is 24.8 Å². The molecular weight excluding hydrogens is 469 g/mol. The summed E-state index contributed by atoms with van der Waals surface area (Å²) in [5, 5.41) is 3.12. The van der Waals surface area contributed by atoms with Crippen molar-refractivity contribution in [1.82, 2.24) is 5.32 Å². The van der Waals surface area contributed by atoms with Crippen LogP contribution in [0.4, 0.5) is 0 Å². The van der Waals surface area contributed by atoms with E-state index in [1.54, 1.807) is 0 Å². The Labute approximate surface area is 217 Å². The minimum absolute atomic E-state index is 0.0879. The quantitative estimate of drug-likeness (QED) is 0.173. The molecule has 0 heterocycles. The number of fused-ring (bicyclic) bond motifs is 3. The Morgan fingerprint density at radius 2 is 1.53 bits per heavy atom. The summed E-state index contributed by atoms with van der Waals surface area (Å²) in [7, 11) is -3.03. The average Bonchev–Trinajstić information content (AvgIpc) is 3.23. The van der Waals surface area contributed by atoms with Gasteiger partial charge in [-0.1, -0.05) is 82.5 Å². The maximum atomic E-state index is 13.2. The molecule has 0 saturated heterocycles. The van der Waals surface area contributed by atoms with Gasteiger partial charge in [0.2, 0.25) is 5.91 Å². The molecule has 5 nitrogen and oxygen atoms in total. The average molecular weight is 514 g/mol. The summed E-state index contributed by atoms with van der Waals surface area (Å²) in [5.41, 5.74) is 5.84. The number of hydrogen-bond acceptors (Lipinski definition) is 4. The van der Waals surface area contributed by atoms with Crippen LogP contribution in [-0.4, -0.2) is 31.8 Å². The van der Waals surface area contributed by atoms with Gasteiger partial charge < -0.3 is 14.4 Å². The SMILES string of the molecule is CCCCOP(=O)(CCCCCc1cccc2c1C(C(=O)NCCC)c1ccccc1-2)OCCCC. The number of unbranched alkanes of at least 4 members (excludes halogenated alkanes) is 4. The number of rotatable bonds is 17. The number of amides is 1. The number of carbonyl (C=O) groups is 1. The van der Waals surface area contributed by atoms with E-state index in [0.717, 1.165) is 68.9 Å². The third-order valence-corrected chi connectivity index (χ3v) is 8.82. The molecule has 36 heavy (non-hydrogen) atoms. The van der Waals surface area contributed by atoms with Gasteiger partial charge in [-0.3, -0.25) is 9.36 Å². The molecule has 1 N–H and O–H groups in total. The van der Waals surface area contributed by atoms with E-state index >= 15 is 0 Å². The van der Waals surface area contributed by atoms with Crippen LogP contribution in [0.3, 0.4) is 0 Å². The molecular formula is C30H44NO4P. The second-order valence-electron chi connectivity index (χ2n) is 9.71. The van der Waals surface area contributed by atoms with Gasteiger partial charge in [0.15, 0.2) is 0 Å². The largest absolute Gasteiger partial charge is 0.355 e. The topological polar surface area (TPSA) is 64.6 Å². The molecule has 6 heteroatoms. The summed E-state index contributed by atoms with van der Waals surface area (Å²) >= 11 is 0. The van der Waals surface area contributed by atoms with Crippen molar-refractivity contribution in [3.05, 3.63) is 59.2 Å². The molecule has 1 aliphatic rings. The molecule has 2 aromatic carbocycles. The monoisotopic (exact) mass is 513 g/mol. The van der Waals surface area contributed by atoms with Gasteiger partial charge in [-0.15, -0.1) is 0 Å². The molecule has 1 amide bonds. The Morgan fingerprint density at radius 1 is 0.833 bits per heavy atom. The minimum Gasteiger partial charge on any atom is -0.355 e. The molecule has 3 rings (SSSR count). The van der Waals surface area contributed by atoms with Crippen molar-refractivity contribution in [3.63, 3.8) is 0 Å². The van der Waals surface area contributed by atoms with Crippen LogP contribution in [0.2, 0.25) is 0 Å². The molecule has 0 fully saturated rings. The van der Waals surface area contributed by atoms with Gasteiger partial charge in [-0.05, 0) is 66.3 Å². The molecule has 0 radical (unpaired) electrons. The maximum Gasteiger partial charge on any atom is 0.330 e. The lowest BCUT2D eigenvalue weighted by molar-refractivity contribution is -0.121. The normalized spacial score (nSPS) is 14.5. The Bertz CT molecular complexity index is 1010. The van der Waals surface area contributed by atoms with E-state index in [9.17, 15) is 9.36 Å². The van der Waals surface area contributed by atoms with Crippen molar-refractivity contribution in [2.75, 3.05) is 25.9 Å². The number of benzene rings is 2. The van der Waals surface area contributed by atoms with Crippen LogP contribution < -0.4 is 5.32 Å². The fourth-order valence-electron chi connectivity index (χ4n) is 4.84. The third-order valence-electron chi connectivity index (χ3n) is 6.81. The van der Waals surface area contributed by atoms with Crippen molar-refractivity contribution in [2.24, 2.45) is 0 Å². The molecule has 0 aromatic heterocycles. The van der Waals surface area contributed by atoms with Crippen molar-refractivity contribution < 1.29 is 18.4 Å². The van der Waals surface area contributed by atoms with Crippen LogP contribution in [0.1, 0.15) is 94.7 Å². The first-order valence-electron chi connectivity index (χ1n) is 13.9. The van der Waals surface area contributed by atoms with Crippen LogP contribution in [0.5, 0.6) is 0 Å². The molecule has 1 unspecified atom stereocenters. The number of hydrogen-bond donors (Lipinski definition) is 1. The van der Waals surface area contributed by atoms with Crippen LogP contribution >= 0.6 is 7.60 Å². The fraction of sp³-hybridized carbons (Fsp3) is 0.567. The van der Waals surface area contributed by atoms with Crippen molar-refractivity contribution >= 4 is 13.5 Å². The summed E-state index contributed by atoms with van der Waals surface area (Å²) < 4.78 is 24.7. The highest BCUT2D eigenvalue weighted by Gasteiger charge is 2.35. The van der Waals surface area contributed by atoms with Gasteiger partial charge in [0.25, 0.3) is 0 Å². The molecule has 198 valence electrons. The number of aryl methyl sites for hydroxylation is 1. The molecule has 1 atom stereocenters. The molecule has 2 aromatic rings. The second kappa shape index (κ2) is 14.7. The van der Waals surface area contributed by atoms with Crippen molar-refractivity contribution in [3.8, 4) is 11.1 Å². The van der Waals surface area contributed by atoms with Crippen LogP contribution in [0.15, 0.2) is 42.5 Å². The Hall–Kier alpha value is -1.94. The van der Waals surface area contributed by atoms with E-state index in [1.165, 1.54) is 16.7 Å². The van der Waals surface area contributed by atoms with Gasteiger partial charge in [0.05, 0.1) is 25.3 Å². The molecule has 0 saturated carbocycles. The predicted octanol–water partition coefficient (Wildman–Crippen LogP) is 7.86. The van der Waals surface area contributed by atoms with E-state index in [4.69, 9.17) is 9.05 Å². The lowest BCUT2D eigenvalue weighted by Gasteiger charge is -2.19. The van der Waals surface area contributed by atoms with E-state index in [1.807, 2.05) is 12.1 Å². The van der Waals surface area contributed by atoms with Gasteiger partial charge in [0.1, 0.15) is 0 Å². The number of nitrogens with one attached hydrogen (secondary N) is 1. The minimum atomic E-state index is -3.03. The van der Waals surface area contributed by atoms with Crippen molar-refractivity contribution in [1.29, 1.82) is 0 Å². The first-order valence-corrected chi connectivity index (χ1v) is 15.6. The summed E-state index contributed by atoms with van der Waals surface area (Å²) in [6.07, 6.45) is 8.84. The summed E-state index contributed by atoms with van der Waals surface area (Å²) in [5.74, 6) is -0.164. The van der Waals surface area contributed by atoms with E-state index in [0.29, 0.717) is 25.9 Å². The molecule has 0 aliphatic heterocycles. The lowest BCUT2D eigenvalue weighted by atomic mass is 9.90. The van der Waals surface area contributed by atoms with Crippen LogP contribution in [0, 0.1) is 0 Å². The predicted molar refractivity (Wildman–Crippen MR) is 149 cm³/mol. The zero-order valence-corrected chi connectivity index (χ0v) is 23.3. The second-order valence-corrected chi connectivity index (χ2v) is 11.9. The Balaban J connectivity index is 1.64. The van der Waals surface area contributed by atoms with Crippen molar-refractivity contribution in [2.45, 2.75) is 84.5 Å². The summed E-state index contributed by atoms with van der Waals surface area (Å²) in [4.78, 5) is 13.2. The first-order chi connectivity index (χ1) is 17.5. The van der Waals surface area contributed by atoms with E-state index in [2.05, 4.69) is 56.4 Å². The first kappa shape index (κ1) is 28.6. The molecule has 0 spiro atoms. The zero-order chi connectivity index (χ0) is 25.8. The van der Waals surface area contributed by atoms with Crippen LogP contribution in [0.25, 0.3) is 11.1 Å². The van der Waals surface area contributed by atoms with Gasteiger partial charge in [-0.25, -0.2) is 0 Å². The Kier molecular flexibility index (Phi) is 11.7. The maximum absolute atomic E-state index is 13.2. The third kappa shape index (κ3) is 7.54. The lowest BCUT2D eigenvalue weighted by Crippen LogP contribution is -2.30. The van der Waals surface area contributed by atoms with E-state index < -0.39 is 7.60 Å².